The Hall–Kier alpha value is -2.30. The number of para-hydroxylation sites is 1. The lowest BCUT2D eigenvalue weighted by Crippen LogP contribution is -2.28. The molecule has 1 N–H and O–H groups in total. The monoisotopic (exact) mass is 383 g/mol. The van der Waals surface area contributed by atoms with E-state index in [2.05, 4.69) is 38.0 Å². The van der Waals surface area contributed by atoms with E-state index in [9.17, 15) is 5.11 Å². The van der Waals surface area contributed by atoms with Gasteiger partial charge in [-0.15, -0.1) is 0 Å². The van der Waals surface area contributed by atoms with Gasteiger partial charge in [-0.1, -0.05) is 45.2 Å². The molecule has 4 nitrogen and oxygen atoms in total. The molecule has 0 bridgehead atoms. The Morgan fingerprint density at radius 3 is 2.32 bits per heavy atom. The molecule has 1 aromatic heterocycles. The first-order valence-electron chi connectivity index (χ1n) is 9.66. The van der Waals surface area contributed by atoms with Crippen LogP contribution in [0.25, 0.3) is 0 Å². The molecule has 0 aliphatic carbocycles. The molecule has 0 radical (unpaired) electrons. The highest BCUT2D eigenvalue weighted by atomic mass is 16.5. The molecule has 0 atom stereocenters. The van der Waals surface area contributed by atoms with E-state index in [0.29, 0.717) is 29.4 Å². The summed E-state index contributed by atoms with van der Waals surface area (Å²) < 4.78 is 11.5. The highest BCUT2D eigenvalue weighted by molar-refractivity contribution is 5.35. The van der Waals surface area contributed by atoms with Crippen LogP contribution >= 0.6 is 0 Å². The molecule has 0 spiro atoms. The summed E-state index contributed by atoms with van der Waals surface area (Å²) in [6, 6.07) is 11.8. The first-order chi connectivity index (χ1) is 13.2. The highest BCUT2D eigenvalue weighted by Gasteiger charge is 2.35. The molecule has 0 saturated carbocycles. The SMILES string of the molecule is C=C(C)C(O)(C(=C)C)c1ccc(CN(Cc2ccccc2OC)CC(C)C)o1. The minimum absolute atomic E-state index is 0.462. The topological polar surface area (TPSA) is 45.8 Å². The molecule has 0 aliphatic rings. The average molecular weight is 384 g/mol. The van der Waals surface area contributed by atoms with Crippen LogP contribution in [0.15, 0.2) is 65.1 Å². The molecule has 0 aliphatic heterocycles. The van der Waals surface area contributed by atoms with Crippen molar-refractivity contribution in [2.45, 2.75) is 46.4 Å². The van der Waals surface area contributed by atoms with Crippen LogP contribution in [0.3, 0.4) is 0 Å². The maximum atomic E-state index is 11.0. The van der Waals surface area contributed by atoms with Crippen molar-refractivity contribution in [3.63, 3.8) is 0 Å². The fourth-order valence-electron chi connectivity index (χ4n) is 3.44. The van der Waals surface area contributed by atoms with Gasteiger partial charge >= 0.3 is 0 Å². The number of furan rings is 1. The maximum Gasteiger partial charge on any atom is 0.163 e. The molecule has 1 aromatic carbocycles. The first kappa shape index (κ1) is 22.0. The Morgan fingerprint density at radius 2 is 1.75 bits per heavy atom. The van der Waals surface area contributed by atoms with E-state index in [0.717, 1.165) is 30.2 Å². The summed E-state index contributed by atoms with van der Waals surface area (Å²) >= 11 is 0. The van der Waals surface area contributed by atoms with Gasteiger partial charge in [0, 0.05) is 18.7 Å². The van der Waals surface area contributed by atoms with E-state index in [1.165, 1.54) is 0 Å². The van der Waals surface area contributed by atoms with Crippen molar-refractivity contribution in [2.75, 3.05) is 13.7 Å². The number of ether oxygens (including phenoxy) is 1. The van der Waals surface area contributed by atoms with Gasteiger partial charge in [0.05, 0.1) is 13.7 Å². The third-order valence-corrected chi connectivity index (χ3v) is 4.84. The highest BCUT2D eigenvalue weighted by Crippen LogP contribution is 2.36. The predicted molar refractivity (Wildman–Crippen MR) is 114 cm³/mol. The minimum atomic E-state index is -1.34. The standard InChI is InChI=1S/C24H33NO3/c1-17(2)14-25(15-20-10-8-9-11-22(20)27-7)16-21-12-13-23(28-21)24(26,18(3)4)19(5)6/h8-13,17,26H,3,5,14-16H2,1-2,4,6-7H3. The number of hydrogen-bond donors (Lipinski definition) is 1. The van der Waals surface area contributed by atoms with E-state index in [-0.39, 0.29) is 0 Å². The van der Waals surface area contributed by atoms with Crippen LogP contribution in [-0.2, 0) is 18.7 Å². The summed E-state index contributed by atoms with van der Waals surface area (Å²) in [5.41, 5.74) is 0.977. The summed E-state index contributed by atoms with van der Waals surface area (Å²) in [6.45, 7) is 18.1. The number of nitrogens with zero attached hydrogens (tertiary/aromatic N) is 1. The maximum absolute atomic E-state index is 11.0. The van der Waals surface area contributed by atoms with Crippen molar-refractivity contribution in [1.82, 2.24) is 4.90 Å². The third kappa shape index (κ3) is 4.94. The quantitative estimate of drug-likeness (QED) is 0.567. The van der Waals surface area contributed by atoms with Crippen molar-refractivity contribution in [2.24, 2.45) is 5.92 Å². The van der Waals surface area contributed by atoms with E-state index in [4.69, 9.17) is 9.15 Å². The van der Waals surface area contributed by atoms with Crippen LogP contribution in [0.5, 0.6) is 5.75 Å². The van der Waals surface area contributed by atoms with Gasteiger partial charge in [0.25, 0.3) is 0 Å². The molecule has 152 valence electrons. The van der Waals surface area contributed by atoms with E-state index >= 15 is 0 Å². The molecule has 2 rings (SSSR count). The summed E-state index contributed by atoms with van der Waals surface area (Å²) in [4.78, 5) is 2.33. The van der Waals surface area contributed by atoms with Crippen LogP contribution < -0.4 is 4.74 Å². The fourth-order valence-corrected chi connectivity index (χ4v) is 3.44. The lowest BCUT2D eigenvalue weighted by Gasteiger charge is -2.27. The van der Waals surface area contributed by atoms with Crippen molar-refractivity contribution in [1.29, 1.82) is 0 Å². The van der Waals surface area contributed by atoms with Crippen LogP contribution in [-0.4, -0.2) is 23.7 Å². The molecule has 0 unspecified atom stereocenters. The second kappa shape index (κ2) is 9.26. The van der Waals surface area contributed by atoms with E-state index < -0.39 is 5.60 Å². The van der Waals surface area contributed by atoms with Gasteiger partial charge in [0.2, 0.25) is 0 Å². The second-order valence-corrected chi connectivity index (χ2v) is 7.91. The molecule has 2 aromatic rings. The zero-order valence-corrected chi connectivity index (χ0v) is 17.8. The lowest BCUT2D eigenvalue weighted by atomic mass is 9.87. The van der Waals surface area contributed by atoms with Crippen LogP contribution in [0.2, 0.25) is 0 Å². The normalized spacial score (nSPS) is 11.9. The summed E-state index contributed by atoms with van der Waals surface area (Å²) in [5.74, 6) is 2.65. The van der Waals surface area contributed by atoms with E-state index in [1.54, 1.807) is 21.0 Å². The fraction of sp³-hybridized carbons (Fsp3) is 0.417. The predicted octanol–water partition coefficient (Wildman–Crippen LogP) is 5.29. The molecular formula is C24H33NO3. The van der Waals surface area contributed by atoms with Gasteiger partial charge in [-0.3, -0.25) is 4.90 Å². The average Bonchev–Trinajstić information content (AvgIpc) is 3.09. The van der Waals surface area contributed by atoms with Gasteiger partial charge in [0.15, 0.2) is 5.60 Å². The Balaban J connectivity index is 2.25. The molecule has 4 heteroatoms. The Labute approximate surface area is 169 Å². The van der Waals surface area contributed by atoms with E-state index in [1.807, 2.05) is 30.3 Å². The van der Waals surface area contributed by atoms with Crippen molar-refractivity contribution in [3.05, 3.63) is 77.8 Å². The first-order valence-corrected chi connectivity index (χ1v) is 9.66. The molecule has 0 amide bonds. The van der Waals surface area contributed by atoms with Gasteiger partial charge in [-0.05, 0) is 49.1 Å². The second-order valence-electron chi connectivity index (χ2n) is 7.91. The van der Waals surface area contributed by atoms with Gasteiger partial charge in [0.1, 0.15) is 17.3 Å². The molecule has 0 saturated heterocycles. The van der Waals surface area contributed by atoms with Crippen molar-refractivity contribution >= 4 is 0 Å². The number of rotatable bonds is 10. The van der Waals surface area contributed by atoms with Crippen LogP contribution in [0.4, 0.5) is 0 Å². The molecular weight excluding hydrogens is 350 g/mol. The van der Waals surface area contributed by atoms with Gasteiger partial charge < -0.3 is 14.3 Å². The summed E-state index contributed by atoms with van der Waals surface area (Å²) in [6.07, 6.45) is 0. The van der Waals surface area contributed by atoms with Gasteiger partial charge in [-0.25, -0.2) is 0 Å². The number of aliphatic hydroxyl groups is 1. The zero-order chi connectivity index (χ0) is 20.9. The van der Waals surface area contributed by atoms with Crippen LogP contribution in [0.1, 0.15) is 44.8 Å². The summed E-state index contributed by atoms with van der Waals surface area (Å²) in [5, 5.41) is 11.0. The summed E-state index contributed by atoms with van der Waals surface area (Å²) in [7, 11) is 1.69. The van der Waals surface area contributed by atoms with Crippen LogP contribution in [0, 0.1) is 5.92 Å². The molecule has 28 heavy (non-hydrogen) atoms. The Kier molecular flexibility index (Phi) is 7.28. The smallest absolute Gasteiger partial charge is 0.163 e. The molecule has 0 fully saturated rings. The lowest BCUT2D eigenvalue weighted by molar-refractivity contribution is 0.0874. The largest absolute Gasteiger partial charge is 0.496 e. The Morgan fingerprint density at radius 1 is 1.11 bits per heavy atom. The molecule has 1 heterocycles. The minimum Gasteiger partial charge on any atom is -0.496 e. The van der Waals surface area contributed by atoms with Crippen molar-refractivity contribution in [3.8, 4) is 5.75 Å². The number of benzene rings is 1. The zero-order valence-electron chi connectivity index (χ0n) is 17.8. The Bertz CT molecular complexity index is 805. The number of hydrogen-bond acceptors (Lipinski definition) is 4. The van der Waals surface area contributed by atoms with Gasteiger partial charge in [-0.2, -0.15) is 0 Å². The van der Waals surface area contributed by atoms with Crippen molar-refractivity contribution < 1.29 is 14.3 Å². The number of methoxy groups -OCH3 is 1. The third-order valence-electron chi connectivity index (χ3n) is 4.84.